The number of halogens is 1. The van der Waals surface area contributed by atoms with Crippen molar-refractivity contribution < 1.29 is 28.1 Å². The lowest BCUT2D eigenvalue weighted by Crippen LogP contribution is -2.06. The van der Waals surface area contributed by atoms with E-state index in [-0.39, 0.29) is 19.0 Å². The number of hydrogen-bond acceptors (Lipinski definition) is 7. The highest BCUT2D eigenvalue weighted by Gasteiger charge is 2.13. The number of esters is 1. The van der Waals surface area contributed by atoms with Crippen LogP contribution in [0.1, 0.15) is 28.0 Å². The fraction of sp³-hybridized carbons (Fsp3) is 0.238. The Bertz CT molecular complexity index is 958. The van der Waals surface area contributed by atoms with E-state index in [1.165, 1.54) is 30.6 Å². The van der Waals surface area contributed by atoms with Crippen LogP contribution in [0.4, 0.5) is 4.39 Å². The molecule has 0 aliphatic heterocycles. The standard InChI is InChI=1S/C21H20FNO5S/c1-3-26-18-9-4-14(10-19(18)25-2)21(24)28-11-16-13-29-20(23-16)12-27-17-7-5-15(22)6-8-17/h4-10,13H,3,11-12H2,1-2H3. The highest BCUT2D eigenvalue weighted by atomic mass is 32.1. The molecule has 6 nitrogen and oxygen atoms in total. The van der Waals surface area contributed by atoms with Gasteiger partial charge in [-0.05, 0) is 49.4 Å². The summed E-state index contributed by atoms with van der Waals surface area (Å²) in [6.07, 6.45) is 0. The van der Waals surface area contributed by atoms with Crippen LogP contribution in [0.5, 0.6) is 17.2 Å². The average molecular weight is 417 g/mol. The van der Waals surface area contributed by atoms with Crippen molar-refractivity contribution >= 4 is 17.3 Å². The zero-order valence-electron chi connectivity index (χ0n) is 16.0. The maximum absolute atomic E-state index is 12.9. The molecule has 0 aliphatic carbocycles. The van der Waals surface area contributed by atoms with Crippen molar-refractivity contribution in [1.29, 1.82) is 0 Å². The Balaban J connectivity index is 1.53. The van der Waals surface area contributed by atoms with Crippen LogP contribution in [-0.2, 0) is 18.0 Å². The Morgan fingerprint density at radius 3 is 2.59 bits per heavy atom. The molecule has 29 heavy (non-hydrogen) atoms. The Morgan fingerprint density at radius 1 is 1.07 bits per heavy atom. The summed E-state index contributed by atoms with van der Waals surface area (Å²) in [6.45, 7) is 2.66. The molecule has 0 spiro atoms. The maximum atomic E-state index is 12.9. The lowest BCUT2D eigenvalue weighted by atomic mass is 10.2. The van der Waals surface area contributed by atoms with E-state index in [9.17, 15) is 9.18 Å². The normalized spacial score (nSPS) is 10.4. The van der Waals surface area contributed by atoms with Crippen LogP contribution in [0.2, 0.25) is 0 Å². The number of carbonyl (C=O) groups is 1. The van der Waals surface area contributed by atoms with Crippen molar-refractivity contribution in [2.24, 2.45) is 0 Å². The van der Waals surface area contributed by atoms with Crippen LogP contribution in [0.25, 0.3) is 0 Å². The summed E-state index contributed by atoms with van der Waals surface area (Å²) < 4.78 is 34.5. The highest BCUT2D eigenvalue weighted by molar-refractivity contribution is 7.09. The minimum atomic E-state index is -0.483. The minimum absolute atomic E-state index is 0.0431. The Morgan fingerprint density at radius 2 is 1.86 bits per heavy atom. The molecule has 0 saturated heterocycles. The van der Waals surface area contributed by atoms with Gasteiger partial charge in [-0.25, -0.2) is 14.2 Å². The van der Waals surface area contributed by atoms with Gasteiger partial charge >= 0.3 is 5.97 Å². The van der Waals surface area contributed by atoms with Crippen LogP contribution in [0.3, 0.4) is 0 Å². The van der Waals surface area contributed by atoms with Gasteiger partial charge in [0.15, 0.2) is 11.5 Å². The topological polar surface area (TPSA) is 66.9 Å². The highest BCUT2D eigenvalue weighted by Crippen LogP contribution is 2.28. The van der Waals surface area contributed by atoms with Gasteiger partial charge in [-0.1, -0.05) is 0 Å². The molecule has 0 fully saturated rings. The summed E-state index contributed by atoms with van der Waals surface area (Å²) in [5.41, 5.74) is 0.986. The third-order valence-corrected chi connectivity index (χ3v) is 4.70. The molecule has 0 radical (unpaired) electrons. The number of rotatable bonds is 9. The molecule has 0 aliphatic rings. The lowest BCUT2D eigenvalue weighted by Gasteiger charge is -2.10. The second-order valence-electron chi connectivity index (χ2n) is 5.85. The number of carbonyl (C=O) groups excluding carboxylic acids is 1. The first-order chi connectivity index (χ1) is 14.1. The van der Waals surface area contributed by atoms with Gasteiger partial charge in [0, 0.05) is 5.38 Å². The molecule has 0 N–H and O–H groups in total. The Hall–Kier alpha value is -3.13. The van der Waals surface area contributed by atoms with Gasteiger partial charge in [0.2, 0.25) is 0 Å². The van der Waals surface area contributed by atoms with Crippen LogP contribution in [0, 0.1) is 5.82 Å². The van der Waals surface area contributed by atoms with Crippen molar-refractivity contribution in [1.82, 2.24) is 4.98 Å². The summed E-state index contributed by atoms with van der Waals surface area (Å²) in [6, 6.07) is 10.6. The molecule has 0 unspecified atom stereocenters. The van der Waals surface area contributed by atoms with Crippen molar-refractivity contribution in [3.05, 3.63) is 69.9 Å². The summed E-state index contributed by atoms with van der Waals surface area (Å²) in [5, 5.41) is 2.53. The largest absolute Gasteiger partial charge is 0.493 e. The second-order valence-corrected chi connectivity index (χ2v) is 6.79. The lowest BCUT2D eigenvalue weighted by molar-refractivity contribution is 0.0467. The van der Waals surface area contributed by atoms with Crippen molar-refractivity contribution in [2.45, 2.75) is 20.1 Å². The van der Waals surface area contributed by atoms with E-state index in [2.05, 4.69) is 4.98 Å². The van der Waals surface area contributed by atoms with Gasteiger partial charge in [0.05, 0.1) is 25.0 Å². The van der Waals surface area contributed by atoms with Crippen molar-refractivity contribution in [3.8, 4) is 17.2 Å². The average Bonchev–Trinajstić information content (AvgIpc) is 3.20. The summed E-state index contributed by atoms with van der Waals surface area (Å²) in [4.78, 5) is 16.7. The van der Waals surface area contributed by atoms with Gasteiger partial charge < -0.3 is 18.9 Å². The summed E-state index contributed by atoms with van der Waals surface area (Å²) in [5.74, 6) is 0.787. The SMILES string of the molecule is CCOc1ccc(C(=O)OCc2csc(COc3ccc(F)cc3)n2)cc1OC. The van der Waals surface area contributed by atoms with Gasteiger partial charge in [-0.15, -0.1) is 11.3 Å². The first-order valence-electron chi connectivity index (χ1n) is 8.88. The number of ether oxygens (including phenoxy) is 4. The number of nitrogens with zero attached hydrogens (tertiary/aromatic N) is 1. The molecule has 1 heterocycles. The second kappa shape index (κ2) is 9.88. The fourth-order valence-electron chi connectivity index (χ4n) is 2.45. The predicted octanol–water partition coefficient (Wildman–Crippen LogP) is 4.63. The van der Waals surface area contributed by atoms with E-state index in [0.29, 0.717) is 35.1 Å². The first-order valence-corrected chi connectivity index (χ1v) is 9.76. The third kappa shape index (κ3) is 5.68. The van der Waals surface area contributed by atoms with Crippen LogP contribution >= 0.6 is 11.3 Å². The van der Waals surface area contributed by atoms with Gasteiger partial charge in [0.25, 0.3) is 0 Å². The van der Waals surface area contributed by atoms with E-state index in [1.807, 2.05) is 6.92 Å². The summed E-state index contributed by atoms with van der Waals surface area (Å²) in [7, 11) is 1.51. The van der Waals surface area contributed by atoms with Crippen molar-refractivity contribution in [3.63, 3.8) is 0 Å². The molecule has 3 rings (SSSR count). The van der Waals surface area contributed by atoms with E-state index in [1.54, 1.807) is 35.7 Å². The Labute approximate surface area is 171 Å². The molecule has 0 amide bonds. The molecular weight excluding hydrogens is 397 g/mol. The van der Waals surface area contributed by atoms with E-state index >= 15 is 0 Å². The van der Waals surface area contributed by atoms with Crippen LogP contribution in [-0.4, -0.2) is 24.7 Å². The van der Waals surface area contributed by atoms with Gasteiger partial charge in [-0.3, -0.25) is 0 Å². The monoisotopic (exact) mass is 417 g/mol. The number of methoxy groups -OCH3 is 1. The van der Waals surface area contributed by atoms with Gasteiger partial charge in [0.1, 0.15) is 29.8 Å². The zero-order valence-corrected chi connectivity index (χ0v) is 16.8. The Kier molecular flexibility index (Phi) is 7.02. The molecule has 2 aromatic carbocycles. The molecule has 0 saturated carbocycles. The number of thiazole rings is 1. The number of aromatic nitrogens is 1. The third-order valence-electron chi connectivity index (χ3n) is 3.83. The molecule has 8 heteroatoms. The summed E-state index contributed by atoms with van der Waals surface area (Å²) >= 11 is 1.39. The van der Waals surface area contributed by atoms with Crippen LogP contribution < -0.4 is 14.2 Å². The van der Waals surface area contributed by atoms with Gasteiger partial charge in [-0.2, -0.15) is 0 Å². The number of hydrogen-bond donors (Lipinski definition) is 0. The smallest absolute Gasteiger partial charge is 0.338 e. The maximum Gasteiger partial charge on any atom is 0.338 e. The minimum Gasteiger partial charge on any atom is -0.493 e. The quantitative estimate of drug-likeness (QED) is 0.473. The molecule has 0 bridgehead atoms. The fourth-order valence-corrected chi connectivity index (χ4v) is 3.14. The van der Waals surface area contributed by atoms with E-state index < -0.39 is 5.97 Å². The zero-order chi connectivity index (χ0) is 20.6. The van der Waals surface area contributed by atoms with Crippen molar-refractivity contribution in [2.75, 3.05) is 13.7 Å². The molecule has 3 aromatic rings. The molecule has 1 aromatic heterocycles. The molecule has 0 atom stereocenters. The molecular formula is C21H20FNO5S. The van der Waals surface area contributed by atoms with E-state index in [0.717, 1.165) is 5.01 Å². The predicted molar refractivity (Wildman–Crippen MR) is 106 cm³/mol. The molecule has 152 valence electrons. The van der Waals surface area contributed by atoms with E-state index in [4.69, 9.17) is 18.9 Å². The number of benzene rings is 2. The van der Waals surface area contributed by atoms with Crippen LogP contribution in [0.15, 0.2) is 47.8 Å². The first kappa shape index (κ1) is 20.6.